The van der Waals surface area contributed by atoms with Crippen LogP contribution in [0.3, 0.4) is 0 Å². The average Bonchev–Trinajstić information content (AvgIpc) is 2.58. The Morgan fingerprint density at radius 3 is 2.75 bits per heavy atom. The fourth-order valence-corrected chi connectivity index (χ4v) is 3.23. The van der Waals surface area contributed by atoms with Crippen molar-refractivity contribution in [3.8, 4) is 0 Å². The molecule has 0 aromatic heterocycles. The van der Waals surface area contributed by atoms with E-state index in [9.17, 15) is 13.2 Å². The molecule has 0 saturated carbocycles. The Kier molecular flexibility index (Phi) is 3.17. The van der Waals surface area contributed by atoms with Crippen LogP contribution in [0.1, 0.15) is 17.5 Å². The van der Waals surface area contributed by atoms with Gasteiger partial charge in [-0.3, -0.25) is 0 Å². The molecular formula is C11H11F3OS. The van der Waals surface area contributed by atoms with Crippen LogP contribution in [0.4, 0.5) is 13.2 Å². The number of aliphatic hydroxyl groups excluding tert-OH is 1. The molecule has 0 saturated heterocycles. The summed E-state index contributed by atoms with van der Waals surface area (Å²) < 4.78 is 38.1. The highest BCUT2D eigenvalue weighted by atomic mass is 32.2. The smallest absolute Gasteiger partial charge is 0.396 e. The molecule has 1 aliphatic heterocycles. The van der Waals surface area contributed by atoms with E-state index in [0.29, 0.717) is 23.3 Å². The minimum Gasteiger partial charge on any atom is -0.396 e. The summed E-state index contributed by atoms with van der Waals surface area (Å²) in [6, 6.07) is 4.28. The van der Waals surface area contributed by atoms with Crippen molar-refractivity contribution in [3.63, 3.8) is 0 Å². The first kappa shape index (κ1) is 11.8. The molecule has 0 amide bonds. The minimum atomic E-state index is -4.28. The number of rotatable bonds is 2. The zero-order chi connectivity index (χ0) is 11.8. The Morgan fingerprint density at radius 1 is 1.38 bits per heavy atom. The van der Waals surface area contributed by atoms with Gasteiger partial charge in [0.25, 0.3) is 0 Å². The third-order valence-corrected chi connectivity index (χ3v) is 3.99. The maximum Gasteiger partial charge on any atom is 0.416 e. The molecule has 0 fully saturated rings. The van der Waals surface area contributed by atoms with E-state index in [4.69, 9.17) is 5.11 Å². The summed E-state index contributed by atoms with van der Waals surface area (Å²) in [7, 11) is 0. The second kappa shape index (κ2) is 4.30. The van der Waals surface area contributed by atoms with Gasteiger partial charge in [-0.2, -0.15) is 13.2 Å². The van der Waals surface area contributed by atoms with Crippen LogP contribution in [0, 0.1) is 0 Å². The number of alkyl halides is 3. The van der Waals surface area contributed by atoms with Gasteiger partial charge in [0.1, 0.15) is 0 Å². The van der Waals surface area contributed by atoms with Crippen molar-refractivity contribution in [2.24, 2.45) is 0 Å². The van der Waals surface area contributed by atoms with Gasteiger partial charge >= 0.3 is 6.18 Å². The molecule has 1 unspecified atom stereocenters. The molecule has 0 aliphatic carbocycles. The molecule has 1 nitrogen and oxygen atoms in total. The normalized spacial score (nSPS) is 19.9. The van der Waals surface area contributed by atoms with Crippen LogP contribution in [-0.2, 0) is 12.6 Å². The molecule has 1 atom stereocenters. The number of hydrogen-bond acceptors (Lipinski definition) is 2. The minimum absolute atomic E-state index is 0.0208. The molecule has 0 radical (unpaired) electrons. The van der Waals surface area contributed by atoms with Crippen LogP contribution in [-0.4, -0.2) is 17.0 Å². The molecule has 5 heteroatoms. The number of benzene rings is 1. The van der Waals surface area contributed by atoms with E-state index < -0.39 is 11.7 Å². The van der Waals surface area contributed by atoms with Crippen LogP contribution in [0.5, 0.6) is 0 Å². The molecule has 88 valence electrons. The van der Waals surface area contributed by atoms with Gasteiger partial charge in [-0.05, 0) is 30.5 Å². The lowest BCUT2D eigenvalue weighted by Gasteiger charge is -2.11. The Labute approximate surface area is 95.7 Å². The topological polar surface area (TPSA) is 20.2 Å². The van der Waals surface area contributed by atoms with Crippen molar-refractivity contribution in [2.75, 3.05) is 6.61 Å². The molecule has 1 heterocycles. The molecule has 0 spiro atoms. The van der Waals surface area contributed by atoms with E-state index in [2.05, 4.69) is 0 Å². The fraction of sp³-hybridized carbons (Fsp3) is 0.455. The predicted molar refractivity (Wildman–Crippen MR) is 56.5 cm³/mol. The third kappa shape index (κ3) is 2.20. The molecule has 1 aromatic rings. The summed E-state index contributed by atoms with van der Waals surface area (Å²) in [5.41, 5.74) is -0.142. The first-order valence-corrected chi connectivity index (χ1v) is 5.87. The maximum atomic E-state index is 12.7. The van der Waals surface area contributed by atoms with Crippen molar-refractivity contribution >= 4 is 11.8 Å². The lowest BCUT2D eigenvalue weighted by molar-refractivity contribution is -0.138. The summed E-state index contributed by atoms with van der Waals surface area (Å²) in [6.07, 6.45) is -3.34. The van der Waals surface area contributed by atoms with Crippen molar-refractivity contribution in [2.45, 2.75) is 29.2 Å². The van der Waals surface area contributed by atoms with Gasteiger partial charge in [-0.15, -0.1) is 11.8 Å². The summed E-state index contributed by atoms with van der Waals surface area (Å²) in [4.78, 5) is 0.702. The fourth-order valence-electron chi connectivity index (χ4n) is 1.91. The highest BCUT2D eigenvalue weighted by Gasteiger charge is 2.37. The second-order valence-corrected chi connectivity index (χ2v) is 5.08. The molecule has 16 heavy (non-hydrogen) atoms. The molecule has 1 aliphatic rings. The van der Waals surface area contributed by atoms with Gasteiger partial charge in [0.2, 0.25) is 0 Å². The number of hydrogen-bond donors (Lipinski definition) is 1. The summed E-state index contributed by atoms with van der Waals surface area (Å²) >= 11 is 1.43. The number of aliphatic hydroxyl groups is 1. The van der Waals surface area contributed by atoms with Crippen LogP contribution in [0.15, 0.2) is 23.1 Å². The molecule has 0 bridgehead atoms. The Morgan fingerprint density at radius 2 is 2.12 bits per heavy atom. The first-order valence-electron chi connectivity index (χ1n) is 4.99. The second-order valence-electron chi connectivity index (χ2n) is 3.74. The van der Waals surface area contributed by atoms with Crippen molar-refractivity contribution < 1.29 is 18.3 Å². The lowest BCUT2D eigenvalue weighted by Crippen LogP contribution is -2.10. The highest BCUT2D eigenvalue weighted by Crippen LogP contribution is 2.44. The largest absolute Gasteiger partial charge is 0.416 e. The maximum absolute atomic E-state index is 12.7. The van der Waals surface area contributed by atoms with E-state index in [-0.39, 0.29) is 11.9 Å². The quantitative estimate of drug-likeness (QED) is 0.867. The average molecular weight is 248 g/mol. The zero-order valence-corrected chi connectivity index (χ0v) is 9.24. The summed E-state index contributed by atoms with van der Waals surface area (Å²) in [5.74, 6) is 0. The standard InChI is InChI=1S/C11H11F3OS/c12-11(13,14)9-2-1-3-10-8(9)6-7(16-10)4-5-15/h1-3,7,15H,4-6H2. The first-order chi connectivity index (χ1) is 7.52. The van der Waals surface area contributed by atoms with Crippen molar-refractivity contribution in [1.29, 1.82) is 0 Å². The van der Waals surface area contributed by atoms with Gasteiger partial charge in [-0.1, -0.05) is 6.07 Å². The number of halogens is 3. The Bertz CT molecular complexity index is 389. The molecule has 1 aromatic carbocycles. The lowest BCUT2D eigenvalue weighted by atomic mass is 10.0. The van der Waals surface area contributed by atoms with Crippen molar-refractivity contribution in [1.82, 2.24) is 0 Å². The van der Waals surface area contributed by atoms with Crippen molar-refractivity contribution in [3.05, 3.63) is 29.3 Å². The van der Waals surface area contributed by atoms with E-state index in [0.717, 1.165) is 6.07 Å². The molecule has 1 N–H and O–H groups in total. The summed E-state index contributed by atoms with van der Waals surface area (Å²) in [5, 5.41) is 8.87. The number of thioether (sulfide) groups is 1. The van der Waals surface area contributed by atoms with Crippen LogP contribution >= 0.6 is 11.8 Å². The zero-order valence-electron chi connectivity index (χ0n) is 8.42. The number of fused-ring (bicyclic) bond motifs is 1. The highest BCUT2D eigenvalue weighted by molar-refractivity contribution is 8.00. The Balaban J connectivity index is 2.31. The van der Waals surface area contributed by atoms with E-state index in [1.54, 1.807) is 6.07 Å². The van der Waals surface area contributed by atoms with Crippen LogP contribution in [0.25, 0.3) is 0 Å². The van der Waals surface area contributed by atoms with Gasteiger partial charge in [-0.25, -0.2) is 0 Å². The molecule has 2 rings (SSSR count). The van der Waals surface area contributed by atoms with E-state index >= 15 is 0 Å². The van der Waals surface area contributed by atoms with Gasteiger partial charge in [0.05, 0.1) is 5.56 Å². The van der Waals surface area contributed by atoms with Crippen LogP contribution in [0.2, 0.25) is 0 Å². The van der Waals surface area contributed by atoms with E-state index in [1.807, 2.05) is 0 Å². The van der Waals surface area contributed by atoms with Gasteiger partial charge in [0.15, 0.2) is 0 Å². The predicted octanol–water partition coefficient (Wildman–Crippen LogP) is 3.10. The summed E-state index contributed by atoms with van der Waals surface area (Å²) in [6.45, 7) is 0.0208. The SMILES string of the molecule is OCCC1Cc2c(cccc2C(F)(F)F)S1. The Hall–Kier alpha value is -0.680. The van der Waals surface area contributed by atoms with Gasteiger partial charge < -0.3 is 5.11 Å². The van der Waals surface area contributed by atoms with Gasteiger partial charge in [0, 0.05) is 16.8 Å². The monoisotopic (exact) mass is 248 g/mol. The van der Waals surface area contributed by atoms with E-state index in [1.165, 1.54) is 17.8 Å². The molecular weight excluding hydrogens is 237 g/mol. The van der Waals surface area contributed by atoms with Crippen LogP contribution < -0.4 is 0 Å². The third-order valence-electron chi connectivity index (χ3n) is 2.61.